The molecule has 0 spiro atoms. The Balaban J connectivity index is 1.84. The molecule has 0 radical (unpaired) electrons. The molecule has 2 heterocycles. The molecule has 1 amide bonds. The van der Waals surface area contributed by atoms with E-state index in [9.17, 15) is 4.79 Å². The molecule has 0 unspecified atom stereocenters. The SMILES string of the molecule is O=C(c1ccncc1)N1CCC(OCCBr)CC1. The number of halogens is 1. The van der Waals surface area contributed by atoms with Crippen LogP contribution in [0.25, 0.3) is 0 Å². The highest BCUT2D eigenvalue weighted by Gasteiger charge is 2.23. The molecule has 0 saturated carbocycles. The minimum absolute atomic E-state index is 0.0938. The summed E-state index contributed by atoms with van der Waals surface area (Å²) < 4.78 is 5.67. The van der Waals surface area contributed by atoms with Gasteiger partial charge in [-0.2, -0.15) is 0 Å². The Bertz CT molecular complexity index is 378. The van der Waals surface area contributed by atoms with Crippen molar-refractivity contribution in [3.05, 3.63) is 30.1 Å². The second-order valence-electron chi connectivity index (χ2n) is 4.29. The summed E-state index contributed by atoms with van der Waals surface area (Å²) in [6.45, 7) is 2.28. The Morgan fingerprint density at radius 2 is 2.06 bits per heavy atom. The molecular weight excluding hydrogens is 296 g/mol. The summed E-state index contributed by atoms with van der Waals surface area (Å²) in [5.41, 5.74) is 0.713. The first-order valence-electron chi connectivity index (χ1n) is 6.18. The number of rotatable bonds is 4. The van der Waals surface area contributed by atoms with Crippen molar-refractivity contribution in [2.24, 2.45) is 0 Å². The van der Waals surface area contributed by atoms with Crippen LogP contribution >= 0.6 is 15.9 Å². The molecule has 1 aromatic rings. The molecule has 18 heavy (non-hydrogen) atoms. The van der Waals surface area contributed by atoms with Gasteiger partial charge in [0.2, 0.25) is 0 Å². The molecular formula is C13H17BrN2O2. The molecule has 2 rings (SSSR count). The number of hydrogen-bond acceptors (Lipinski definition) is 3. The maximum absolute atomic E-state index is 12.2. The van der Waals surface area contributed by atoms with Crippen molar-refractivity contribution in [2.45, 2.75) is 18.9 Å². The van der Waals surface area contributed by atoms with E-state index in [1.54, 1.807) is 24.5 Å². The highest BCUT2D eigenvalue weighted by atomic mass is 79.9. The van der Waals surface area contributed by atoms with Crippen molar-refractivity contribution >= 4 is 21.8 Å². The van der Waals surface area contributed by atoms with Gasteiger partial charge in [-0.05, 0) is 25.0 Å². The monoisotopic (exact) mass is 312 g/mol. The van der Waals surface area contributed by atoms with Crippen LogP contribution in [-0.4, -0.2) is 46.9 Å². The topological polar surface area (TPSA) is 42.4 Å². The lowest BCUT2D eigenvalue weighted by molar-refractivity contribution is 0.0160. The van der Waals surface area contributed by atoms with Gasteiger partial charge in [-0.25, -0.2) is 0 Å². The first-order valence-corrected chi connectivity index (χ1v) is 7.30. The number of amides is 1. The summed E-state index contributed by atoms with van der Waals surface area (Å²) >= 11 is 3.35. The Morgan fingerprint density at radius 3 is 2.67 bits per heavy atom. The third kappa shape index (κ3) is 3.53. The predicted molar refractivity (Wildman–Crippen MR) is 72.9 cm³/mol. The zero-order valence-corrected chi connectivity index (χ0v) is 11.8. The van der Waals surface area contributed by atoms with Crippen LogP contribution in [0.15, 0.2) is 24.5 Å². The molecule has 1 aromatic heterocycles. The number of carbonyl (C=O) groups is 1. The van der Waals surface area contributed by atoms with Gasteiger partial charge in [-0.3, -0.25) is 9.78 Å². The molecule has 1 aliphatic rings. The van der Waals surface area contributed by atoms with E-state index in [1.807, 2.05) is 4.90 Å². The molecule has 0 aromatic carbocycles. The fourth-order valence-corrected chi connectivity index (χ4v) is 2.30. The van der Waals surface area contributed by atoms with E-state index in [1.165, 1.54) is 0 Å². The fraction of sp³-hybridized carbons (Fsp3) is 0.538. The van der Waals surface area contributed by atoms with Gasteiger partial charge in [0.15, 0.2) is 0 Å². The average Bonchev–Trinajstić information content (AvgIpc) is 2.46. The second kappa shape index (κ2) is 6.85. The van der Waals surface area contributed by atoms with Crippen molar-refractivity contribution < 1.29 is 9.53 Å². The summed E-state index contributed by atoms with van der Waals surface area (Å²) in [6, 6.07) is 3.52. The maximum atomic E-state index is 12.2. The number of alkyl halides is 1. The lowest BCUT2D eigenvalue weighted by Crippen LogP contribution is -2.41. The van der Waals surface area contributed by atoms with Crippen molar-refractivity contribution in [2.75, 3.05) is 25.0 Å². The van der Waals surface area contributed by atoms with Crippen LogP contribution in [0.2, 0.25) is 0 Å². The summed E-state index contributed by atoms with van der Waals surface area (Å²) in [6.07, 6.45) is 5.44. The second-order valence-corrected chi connectivity index (χ2v) is 5.08. The Labute approximate surface area is 115 Å². The van der Waals surface area contributed by atoms with Crippen molar-refractivity contribution in [3.8, 4) is 0 Å². The van der Waals surface area contributed by atoms with E-state index < -0.39 is 0 Å². The lowest BCUT2D eigenvalue weighted by Gasteiger charge is -2.31. The molecule has 1 fully saturated rings. The number of pyridine rings is 1. The third-order valence-corrected chi connectivity index (χ3v) is 3.41. The molecule has 1 saturated heterocycles. The summed E-state index contributed by atoms with van der Waals surface area (Å²) in [5.74, 6) is 0.0938. The zero-order chi connectivity index (χ0) is 12.8. The highest BCUT2D eigenvalue weighted by molar-refractivity contribution is 9.09. The minimum atomic E-state index is 0.0938. The Hall–Kier alpha value is -0.940. The number of likely N-dealkylation sites (tertiary alicyclic amines) is 1. The minimum Gasteiger partial charge on any atom is -0.377 e. The van der Waals surface area contributed by atoms with Crippen molar-refractivity contribution in [1.29, 1.82) is 0 Å². The predicted octanol–water partition coefficient (Wildman–Crippen LogP) is 2.10. The first kappa shape index (κ1) is 13.5. The molecule has 0 atom stereocenters. The largest absolute Gasteiger partial charge is 0.377 e. The van der Waals surface area contributed by atoms with Crippen LogP contribution in [0.4, 0.5) is 0 Å². The lowest BCUT2D eigenvalue weighted by atomic mass is 10.1. The molecule has 98 valence electrons. The van der Waals surface area contributed by atoms with Crippen molar-refractivity contribution in [1.82, 2.24) is 9.88 Å². The molecule has 5 heteroatoms. The number of ether oxygens (including phenoxy) is 1. The van der Waals surface area contributed by atoms with Gasteiger partial charge in [0.25, 0.3) is 5.91 Å². The first-order chi connectivity index (χ1) is 8.81. The van der Waals surface area contributed by atoms with E-state index >= 15 is 0 Å². The number of piperidine rings is 1. The molecule has 0 aliphatic carbocycles. The number of aromatic nitrogens is 1. The van der Waals surface area contributed by atoms with Crippen LogP contribution in [-0.2, 0) is 4.74 Å². The van der Waals surface area contributed by atoms with Crippen LogP contribution in [0.1, 0.15) is 23.2 Å². The van der Waals surface area contributed by atoms with Gasteiger partial charge in [0, 0.05) is 36.4 Å². The van der Waals surface area contributed by atoms with Gasteiger partial charge >= 0.3 is 0 Å². The normalized spacial score (nSPS) is 16.8. The van der Waals surface area contributed by atoms with E-state index in [0.29, 0.717) is 11.7 Å². The van der Waals surface area contributed by atoms with Crippen LogP contribution < -0.4 is 0 Å². The molecule has 1 aliphatic heterocycles. The standard InChI is InChI=1S/C13H17BrN2O2/c14-5-10-18-12-3-8-16(9-4-12)13(17)11-1-6-15-7-2-11/h1-2,6-7,12H,3-5,8-10H2. The maximum Gasteiger partial charge on any atom is 0.253 e. The van der Waals surface area contributed by atoms with Crippen molar-refractivity contribution in [3.63, 3.8) is 0 Å². The van der Waals surface area contributed by atoms with Gasteiger partial charge in [-0.15, -0.1) is 0 Å². The molecule has 4 nitrogen and oxygen atoms in total. The third-order valence-electron chi connectivity index (χ3n) is 3.09. The Morgan fingerprint density at radius 1 is 1.39 bits per heavy atom. The number of hydrogen-bond donors (Lipinski definition) is 0. The smallest absolute Gasteiger partial charge is 0.253 e. The van der Waals surface area contributed by atoms with E-state index in [0.717, 1.165) is 37.9 Å². The average molecular weight is 313 g/mol. The number of carbonyl (C=O) groups excluding carboxylic acids is 1. The highest BCUT2D eigenvalue weighted by Crippen LogP contribution is 2.16. The van der Waals surface area contributed by atoms with E-state index in [-0.39, 0.29) is 5.91 Å². The van der Waals surface area contributed by atoms with E-state index in [4.69, 9.17) is 4.74 Å². The van der Waals surface area contributed by atoms with Gasteiger partial charge in [-0.1, -0.05) is 15.9 Å². The zero-order valence-electron chi connectivity index (χ0n) is 10.2. The quantitative estimate of drug-likeness (QED) is 0.800. The summed E-state index contributed by atoms with van der Waals surface area (Å²) in [4.78, 5) is 18.0. The summed E-state index contributed by atoms with van der Waals surface area (Å²) in [5, 5.41) is 0.864. The van der Waals surface area contributed by atoms with Gasteiger partial charge < -0.3 is 9.64 Å². The number of nitrogens with zero attached hydrogens (tertiary/aromatic N) is 2. The van der Waals surface area contributed by atoms with Crippen LogP contribution in [0.3, 0.4) is 0 Å². The summed E-state index contributed by atoms with van der Waals surface area (Å²) in [7, 11) is 0. The van der Waals surface area contributed by atoms with Gasteiger partial charge in [0.1, 0.15) is 0 Å². The fourth-order valence-electron chi connectivity index (χ4n) is 2.11. The van der Waals surface area contributed by atoms with E-state index in [2.05, 4.69) is 20.9 Å². The van der Waals surface area contributed by atoms with Crippen LogP contribution in [0.5, 0.6) is 0 Å². The molecule has 0 N–H and O–H groups in total. The Kier molecular flexibility index (Phi) is 5.13. The molecule has 0 bridgehead atoms. The van der Waals surface area contributed by atoms with Crippen LogP contribution in [0, 0.1) is 0 Å². The van der Waals surface area contributed by atoms with Gasteiger partial charge in [0.05, 0.1) is 12.7 Å².